The summed E-state index contributed by atoms with van der Waals surface area (Å²) in [6.07, 6.45) is 5.25. The lowest BCUT2D eigenvalue weighted by atomic mass is 9.86. The van der Waals surface area contributed by atoms with Crippen molar-refractivity contribution in [3.63, 3.8) is 0 Å². The van der Waals surface area contributed by atoms with Crippen molar-refractivity contribution < 1.29 is 14.7 Å². The standard InChI is InChI=1S/C20H26.H3O3P/c1-17(2)11-9-10-16-20(18-12-5-3-6-13-18)19-14-7-4-8-15-19;1-4(2)3/h3-8,12-15,17,20H,9-11,16H2,1-2H3;1-3H. The number of hydrogen-bond donors (Lipinski definition) is 3. The van der Waals surface area contributed by atoms with E-state index >= 15 is 0 Å². The minimum absolute atomic E-state index is 0.546. The normalized spacial score (nSPS) is 10.8. The molecule has 0 amide bonds. The van der Waals surface area contributed by atoms with Crippen LogP contribution in [0.1, 0.15) is 56.6 Å². The van der Waals surface area contributed by atoms with Crippen molar-refractivity contribution in [2.45, 2.75) is 45.4 Å². The van der Waals surface area contributed by atoms with E-state index in [2.05, 4.69) is 74.5 Å². The molecule has 0 heterocycles. The molecule has 0 spiro atoms. The Morgan fingerprint density at radius 1 is 0.708 bits per heavy atom. The van der Waals surface area contributed by atoms with E-state index in [9.17, 15) is 0 Å². The summed E-state index contributed by atoms with van der Waals surface area (Å²) in [5.41, 5.74) is 2.89. The van der Waals surface area contributed by atoms with Crippen LogP contribution in [0.2, 0.25) is 0 Å². The summed E-state index contributed by atoms with van der Waals surface area (Å²) in [7, 11) is -2.62. The highest BCUT2D eigenvalue weighted by atomic mass is 31.2. The van der Waals surface area contributed by atoms with Gasteiger partial charge in [0.15, 0.2) is 0 Å². The first-order chi connectivity index (χ1) is 11.5. The third-order valence-electron chi connectivity index (χ3n) is 3.93. The van der Waals surface area contributed by atoms with E-state index in [4.69, 9.17) is 14.7 Å². The topological polar surface area (TPSA) is 60.7 Å². The van der Waals surface area contributed by atoms with Crippen molar-refractivity contribution in [1.82, 2.24) is 0 Å². The molecule has 0 fully saturated rings. The highest BCUT2D eigenvalue weighted by Gasteiger charge is 2.13. The highest BCUT2D eigenvalue weighted by molar-refractivity contribution is 7.38. The first-order valence-electron chi connectivity index (χ1n) is 8.47. The molecule has 2 rings (SSSR count). The lowest BCUT2D eigenvalue weighted by Gasteiger charge is -2.18. The molecule has 0 aliphatic heterocycles. The number of rotatable bonds is 7. The number of benzene rings is 2. The van der Waals surface area contributed by atoms with Gasteiger partial charge in [-0.05, 0) is 23.5 Å². The second-order valence-corrected chi connectivity index (χ2v) is 6.86. The lowest BCUT2D eigenvalue weighted by molar-refractivity contribution is 0.368. The van der Waals surface area contributed by atoms with Gasteiger partial charge in [-0.3, -0.25) is 0 Å². The molecule has 4 heteroatoms. The molecule has 0 atom stereocenters. The molecule has 0 saturated carbocycles. The Labute approximate surface area is 147 Å². The Bertz CT molecular complexity index is 487. The van der Waals surface area contributed by atoms with Crippen LogP contribution >= 0.6 is 8.60 Å². The van der Waals surface area contributed by atoms with Gasteiger partial charge < -0.3 is 14.7 Å². The second-order valence-electron chi connectivity index (χ2n) is 6.32. The van der Waals surface area contributed by atoms with Crippen LogP contribution in [0.3, 0.4) is 0 Å². The zero-order chi connectivity index (χ0) is 17.8. The Morgan fingerprint density at radius 2 is 1.08 bits per heavy atom. The summed E-state index contributed by atoms with van der Waals surface area (Å²) >= 11 is 0. The monoisotopic (exact) mass is 348 g/mol. The van der Waals surface area contributed by atoms with Gasteiger partial charge >= 0.3 is 8.60 Å². The zero-order valence-electron chi connectivity index (χ0n) is 14.5. The van der Waals surface area contributed by atoms with Crippen molar-refractivity contribution in [2.75, 3.05) is 0 Å². The fourth-order valence-electron chi connectivity index (χ4n) is 2.80. The fraction of sp³-hybridized carbons (Fsp3) is 0.400. The van der Waals surface area contributed by atoms with Crippen LogP contribution in [0.5, 0.6) is 0 Å². The SMILES string of the molecule is CC(C)CCCCC(c1ccccc1)c1ccccc1.OP(O)O. The van der Waals surface area contributed by atoms with Crippen LogP contribution in [0, 0.1) is 5.92 Å². The van der Waals surface area contributed by atoms with Gasteiger partial charge in [-0.2, -0.15) is 0 Å². The molecule has 24 heavy (non-hydrogen) atoms. The van der Waals surface area contributed by atoms with E-state index in [0.29, 0.717) is 5.92 Å². The van der Waals surface area contributed by atoms with Gasteiger partial charge in [0.1, 0.15) is 0 Å². The van der Waals surface area contributed by atoms with Crippen molar-refractivity contribution in [3.8, 4) is 0 Å². The number of unbranched alkanes of at least 4 members (excludes halogenated alkanes) is 1. The van der Waals surface area contributed by atoms with Crippen molar-refractivity contribution in [2.24, 2.45) is 5.92 Å². The molecule has 2 aromatic rings. The third-order valence-corrected chi connectivity index (χ3v) is 3.93. The molecule has 0 saturated heterocycles. The summed E-state index contributed by atoms with van der Waals surface area (Å²) in [6, 6.07) is 21.9. The summed E-state index contributed by atoms with van der Waals surface area (Å²) in [5, 5.41) is 0. The third kappa shape index (κ3) is 9.14. The maximum Gasteiger partial charge on any atom is 0.324 e. The van der Waals surface area contributed by atoms with Gasteiger partial charge in [0.2, 0.25) is 0 Å². The summed E-state index contributed by atoms with van der Waals surface area (Å²) in [5.74, 6) is 1.37. The van der Waals surface area contributed by atoms with E-state index in [1.165, 1.54) is 36.8 Å². The van der Waals surface area contributed by atoms with E-state index in [0.717, 1.165) is 5.92 Å². The Morgan fingerprint density at radius 3 is 1.46 bits per heavy atom. The molecular formula is C20H29O3P. The molecule has 0 aromatic heterocycles. The predicted octanol–water partition coefficient (Wildman–Crippen LogP) is 5.23. The van der Waals surface area contributed by atoms with Crippen molar-refractivity contribution >= 4 is 8.60 Å². The van der Waals surface area contributed by atoms with E-state index < -0.39 is 8.60 Å². The second kappa shape index (κ2) is 12.2. The minimum atomic E-state index is -2.62. The summed E-state index contributed by atoms with van der Waals surface area (Å²) in [4.78, 5) is 21.7. The molecule has 3 nitrogen and oxygen atoms in total. The van der Waals surface area contributed by atoms with Gasteiger partial charge in [-0.1, -0.05) is 93.8 Å². The molecule has 0 unspecified atom stereocenters. The Hall–Kier alpha value is -1.25. The smallest absolute Gasteiger partial charge is 0.324 e. The lowest BCUT2D eigenvalue weighted by Crippen LogP contribution is -2.01. The predicted molar refractivity (Wildman–Crippen MR) is 102 cm³/mol. The molecule has 0 radical (unpaired) electrons. The van der Waals surface area contributed by atoms with Crippen LogP contribution in [0.25, 0.3) is 0 Å². The molecule has 2 aromatic carbocycles. The average molecular weight is 348 g/mol. The van der Waals surface area contributed by atoms with Crippen LogP contribution in [0.4, 0.5) is 0 Å². The van der Waals surface area contributed by atoms with E-state index in [-0.39, 0.29) is 0 Å². The molecule has 0 aliphatic carbocycles. The van der Waals surface area contributed by atoms with Gasteiger partial charge in [0.05, 0.1) is 0 Å². The van der Waals surface area contributed by atoms with Crippen LogP contribution in [0.15, 0.2) is 60.7 Å². The van der Waals surface area contributed by atoms with Crippen LogP contribution < -0.4 is 0 Å². The summed E-state index contributed by atoms with van der Waals surface area (Å²) in [6.45, 7) is 4.62. The van der Waals surface area contributed by atoms with E-state index in [1.54, 1.807) is 0 Å². The zero-order valence-corrected chi connectivity index (χ0v) is 15.4. The highest BCUT2D eigenvalue weighted by Crippen LogP contribution is 2.30. The Balaban J connectivity index is 0.000000648. The quantitative estimate of drug-likeness (QED) is 0.474. The first kappa shape index (κ1) is 20.8. The molecule has 3 N–H and O–H groups in total. The molecular weight excluding hydrogens is 319 g/mol. The molecule has 0 bridgehead atoms. The van der Waals surface area contributed by atoms with Gasteiger partial charge in [0.25, 0.3) is 0 Å². The van der Waals surface area contributed by atoms with Crippen LogP contribution in [-0.4, -0.2) is 14.7 Å². The summed E-state index contributed by atoms with van der Waals surface area (Å²) < 4.78 is 0. The maximum atomic E-state index is 7.23. The van der Waals surface area contributed by atoms with E-state index in [1.807, 2.05) is 0 Å². The minimum Gasteiger partial charge on any atom is -0.328 e. The van der Waals surface area contributed by atoms with Crippen LogP contribution in [-0.2, 0) is 0 Å². The number of hydrogen-bond acceptors (Lipinski definition) is 3. The maximum absolute atomic E-state index is 7.23. The molecule has 132 valence electrons. The fourth-order valence-corrected chi connectivity index (χ4v) is 2.80. The molecule has 0 aliphatic rings. The van der Waals surface area contributed by atoms with Gasteiger partial charge in [0, 0.05) is 5.92 Å². The van der Waals surface area contributed by atoms with Crippen molar-refractivity contribution in [1.29, 1.82) is 0 Å². The largest absolute Gasteiger partial charge is 0.328 e. The van der Waals surface area contributed by atoms with Gasteiger partial charge in [-0.25, -0.2) is 0 Å². The Kier molecular flexibility index (Phi) is 10.5. The van der Waals surface area contributed by atoms with Gasteiger partial charge in [-0.15, -0.1) is 0 Å². The average Bonchev–Trinajstić information content (AvgIpc) is 2.56. The first-order valence-corrected chi connectivity index (χ1v) is 9.67. The van der Waals surface area contributed by atoms with Crippen molar-refractivity contribution in [3.05, 3.63) is 71.8 Å².